The van der Waals surface area contributed by atoms with Crippen LogP contribution in [0, 0.1) is 5.41 Å². The van der Waals surface area contributed by atoms with E-state index in [0.29, 0.717) is 5.02 Å². The predicted molar refractivity (Wildman–Crippen MR) is 90.3 cm³/mol. The Kier molecular flexibility index (Phi) is 6.98. The Bertz CT molecular complexity index is 473. The summed E-state index contributed by atoms with van der Waals surface area (Å²) < 4.78 is 0. The SMILES string of the molecule is CC(C(=O)NCC1(C)CCNCC1)c1cccc(Cl)c1.Cl. The van der Waals surface area contributed by atoms with Crippen molar-refractivity contribution in [3.63, 3.8) is 0 Å². The van der Waals surface area contributed by atoms with Crippen LogP contribution in [0.25, 0.3) is 0 Å². The maximum Gasteiger partial charge on any atom is 0.227 e. The first-order valence-corrected chi connectivity index (χ1v) is 7.62. The van der Waals surface area contributed by atoms with Gasteiger partial charge in [-0.25, -0.2) is 0 Å². The lowest BCUT2D eigenvalue weighted by Gasteiger charge is -2.34. The fourth-order valence-corrected chi connectivity index (χ4v) is 2.79. The number of carbonyl (C=O) groups excluding carboxylic acids is 1. The Labute approximate surface area is 138 Å². The van der Waals surface area contributed by atoms with Crippen LogP contribution >= 0.6 is 24.0 Å². The van der Waals surface area contributed by atoms with Gasteiger partial charge in [0.05, 0.1) is 5.92 Å². The molecule has 5 heteroatoms. The lowest BCUT2D eigenvalue weighted by Crippen LogP contribution is -2.43. The van der Waals surface area contributed by atoms with Gasteiger partial charge in [0.15, 0.2) is 0 Å². The van der Waals surface area contributed by atoms with E-state index in [-0.39, 0.29) is 29.6 Å². The molecule has 0 aromatic heterocycles. The van der Waals surface area contributed by atoms with Crippen LogP contribution in [0.5, 0.6) is 0 Å². The van der Waals surface area contributed by atoms with E-state index in [1.54, 1.807) is 0 Å². The van der Waals surface area contributed by atoms with Crippen molar-refractivity contribution < 1.29 is 4.79 Å². The summed E-state index contributed by atoms with van der Waals surface area (Å²) in [6, 6.07) is 7.52. The van der Waals surface area contributed by atoms with Gasteiger partial charge in [0.2, 0.25) is 5.91 Å². The van der Waals surface area contributed by atoms with Gasteiger partial charge in [0.25, 0.3) is 0 Å². The molecule has 0 saturated carbocycles. The Morgan fingerprint density at radius 1 is 1.43 bits per heavy atom. The number of hydrogen-bond acceptors (Lipinski definition) is 2. The first-order valence-electron chi connectivity index (χ1n) is 7.24. The predicted octanol–water partition coefficient (Wildman–Crippen LogP) is 3.37. The maximum absolute atomic E-state index is 12.3. The van der Waals surface area contributed by atoms with Crippen molar-refractivity contribution in [1.82, 2.24) is 10.6 Å². The van der Waals surface area contributed by atoms with Gasteiger partial charge in [0.1, 0.15) is 0 Å². The molecule has 1 fully saturated rings. The summed E-state index contributed by atoms with van der Waals surface area (Å²) in [7, 11) is 0. The number of hydrogen-bond donors (Lipinski definition) is 2. The number of carbonyl (C=O) groups is 1. The summed E-state index contributed by atoms with van der Waals surface area (Å²) in [6.45, 7) is 6.99. The molecular formula is C16H24Cl2N2O. The van der Waals surface area contributed by atoms with Gasteiger partial charge >= 0.3 is 0 Å². The highest BCUT2D eigenvalue weighted by Gasteiger charge is 2.27. The topological polar surface area (TPSA) is 41.1 Å². The summed E-state index contributed by atoms with van der Waals surface area (Å²) in [5, 5.41) is 7.13. The Balaban J connectivity index is 0.00000220. The lowest BCUT2D eigenvalue weighted by atomic mass is 9.81. The summed E-state index contributed by atoms with van der Waals surface area (Å²) in [4.78, 5) is 12.3. The molecule has 1 heterocycles. The Morgan fingerprint density at radius 3 is 2.71 bits per heavy atom. The van der Waals surface area contributed by atoms with Crippen LogP contribution in [-0.2, 0) is 4.79 Å². The molecule has 2 N–H and O–H groups in total. The molecular weight excluding hydrogens is 307 g/mol. The molecule has 0 spiro atoms. The lowest BCUT2D eigenvalue weighted by molar-refractivity contribution is -0.122. The first kappa shape index (κ1) is 18.3. The first-order chi connectivity index (χ1) is 9.50. The minimum absolute atomic E-state index is 0. The van der Waals surface area contributed by atoms with Crippen molar-refractivity contribution in [2.24, 2.45) is 5.41 Å². The van der Waals surface area contributed by atoms with Gasteiger partial charge in [-0.3, -0.25) is 4.79 Å². The summed E-state index contributed by atoms with van der Waals surface area (Å²) in [6.07, 6.45) is 2.22. The standard InChI is InChI=1S/C16H23ClN2O.ClH/c1-12(13-4-3-5-14(17)10-13)15(20)19-11-16(2)6-8-18-9-7-16;/h3-5,10,12,18H,6-9,11H2,1-2H3,(H,19,20);1H. The average Bonchev–Trinajstić information content (AvgIpc) is 2.45. The van der Waals surface area contributed by atoms with Gasteiger partial charge in [-0.15, -0.1) is 12.4 Å². The van der Waals surface area contributed by atoms with Crippen LogP contribution in [-0.4, -0.2) is 25.5 Å². The van der Waals surface area contributed by atoms with Gasteiger partial charge in [-0.05, 0) is 56.0 Å². The summed E-state index contributed by atoms with van der Waals surface area (Å²) >= 11 is 5.98. The van der Waals surface area contributed by atoms with Crippen molar-refractivity contribution in [3.8, 4) is 0 Å². The monoisotopic (exact) mass is 330 g/mol. The highest BCUT2D eigenvalue weighted by Crippen LogP contribution is 2.27. The number of amides is 1. The largest absolute Gasteiger partial charge is 0.355 e. The summed E-state index contributed by atoms with van der Waals surface area (Å²) in [5.41, 5.74) is 1.18. The van der Waals surface area contributed by atoms with Crippen molar-refractivity contribution >= 4 is 29.9 Å². The zero-order chi connectivity index (χ0) is 14.6. The van der Waals surface area contributed by atoms with Crippen molar-refractivity contribution in [2.75, 3.05) is 19.6 Å². The second-order valence-electron chi connectivity index (χ2n) is 6.06. The van der Waals surface area contributed by atoms with E-state index in [1.165, 1.54) is 0 Å². The van der Waals surface area contributed by atoms with E-state index >= 15 is 0 Å². The van der Waals surface area contributed by atoms with Crippen LogP contribution < -0.4 is 10.6 Å². The zero-order valence-electron chi connectivity index (χ0n) is 12.6. The summed E-state index contributed by atoms with van der Waals surface area (Å²) in [5.74, 6) is -0.0916. The number of rotatable bonds is 4. The molecule has 1 saturated heterocycles. The molecule has 1 aromatic carbocycles. The third-order valence-corrected chi connectivity index (χ3v) is 4.48. The number of piperidine rings is 1. The molecule has 21 heavy (non-hydrogen) atoms. The van der Waals surface area contributed by atoms with Crippen LogP contribution in [0.3, 0.4) is 0 Å². The maximum atomic E-state index is 12.3. The van der Waals surface area contributed by atoms with Crippen LogP contribution in [0.2, 0.25) is 5.02 Å². The minimum Gasteiger partial charge on any atom is -0.355 e. The second kappa shape index (κ2) is 8.02. The highest BCUT2D eigenvalue weighted by molar-refractivity contribution is 6.30. The van der Waals surface area contributed by atoms with Gasteiger partial charge in [0, 0.05) is 11.6 Å². The fraction of sp³-hybridized carbons (Fsp3) is 0.562. The van der Waals surface area contributed by atoms with E-state index in [0.717, 1.165) is 38.0 Å². The molecule has 1 atom stereocenters. The number of nitrogens with one attached hydrogen (secondary N) is 2. The molecule has 2 rings (SSSR count). The Hall–Kier alpha value is -0.770. The van der Waals surface area contributed by atoms with Gasteiger partial charge < -0.3 is 10.6 Å². The van der Waals surface area contributed by atoms with E-state index in [9.17, 15) is 4.79 Å². The normalized spacial score (nSPS) is 18.4. The molecule has 1 aliphatic heterocycles. The minimum atomic E-state index is -0.168. The van der Waals surface area contributed by atoms with Crippen molar-refractivity contribution in [3.05, 3.63) is 34.9 Å². The third-order valence-electron chi connectivity index (χ3n) is 4.24. The van der Waals surface area contributed by atoms with Crippen molar-refractivity contribution in [2.45, 2.75) is 32.6 Å². The van der Waals surface area contributed by atoms with Crippen LogP contribution in [0.15, 0.2) is 24.3 Å². The van der Waals surface area contributed by atoms with Crippen molar-refractivity contribution in [1.29, 1.82) is 0 Å². The smallest absolute Gasteiger partial charge is 0.227 e. The molecule has 3 nitrogen and oxygen atoms in total. The fourth-order valence-electron chi connectivity index (χ4n) is 2.59. The zero-order valence-corrected chi connectivity index (χ0v) is 14.2. The van der Waals surface area contributed by atoms with E-state index < -0.39 is 0 Å². The molecule has 0 radical (unpaired) electrons. The van der Waals surface area contributed by atoms with E-state index in [1.807, 2.05) is 31.2 Å². The van der Waals surface area contributed by atoms with Crippen LogP contribution in [0.1, 0.15) is 38.2 Å². The third kappa shape index (κ3) is 5.17. The van der Waals surface area contributed by atoms with Gasteiger partial charge in [-0.2, -0.15) is 0 Å². The molecule has 1 unspecified atom stereocenters. The van der Waals surface area contributed by atoms with E-state index in [2.05, 4.69) is 17.6 Å². The average molecular weight is 331 g/mol. The molecule has 1 aromatic rings. The Morgan fingerprint density at radius 2 is 2.10 bits per heavy atom. The van der Waals surface area contributed by atoms with Gasteiger partial charge in [-0.1, -0.05) is 30.7 Å². The quantitative estimate of drug-likeness (QED) is 0.888. The van der Waals surface area contributed by atoms with Crippen LogP contribution in [0.4, 0.5) is 0 Å². The number of benzene rings is 1. The molecule has 1 aliphatic rings. The van der Waals surface area contributed by atoms with E-state index in [4.69, 9.17) is 11.6 Å². The molecule has 0 bridgehead atoms. The molecule has 1 amide bonds. The molecule has 118 valence electrons. The molecule has 0 aliphatic carbocycles. The second-order valence-corrected chi connectivity index (χ2v) is 6.49. The number of halogens is 2. The highest BCUT2D eigenvalue weighted by atomic mass is 35.5.